The average Bonchev–Trinajstić information content (AvgIpc) is 2.20. The summed E-state index contributed by atoms with van der Waals surface area (Å²) in [6, 6.07) is -0.210. The molecule has 3 N–H and O–H groups in total. The Morgan fingerprint density at radius 1 is 1.27 bits per heavy atom. The molecule has 0 bridgehead atoms. The number of hydrogen-bond donors (Lipinski definition) is 3. The molecule has 0 atom stereocenters. The van der Waals surface area contributed by atoms with Gasteiger partial charge in [0.2, 0.25) is 0 Å². The molecule has 0 aliphatic carbocycles. The highest BCUT2D eigenvalue weighted by atomic mass is 16.4. The summed E-state index contributed by atoms with van der Waals surface area (Å²) in [6.45, 7) is 6.47. The summed E-state index contributed by atoms with van der Waals surface area (Å²) in [5.41, 5.74) is 0.172. The van der Waals surface area contributed by atoms with Crippen LogP contribution < -0.4 is 10.6 Å². The Balaban J connectivity index is 3.42. The molecule has 5 nitrogen and oxygen atoms in total. The van der Waals surface area contributed by atoms with Crippen molar-refractivity contribution in [2.24, 2.45) is 0 Å². The Morgan fingerprint density at radius 3 is 2.40 bits per heavy atom. The summed E-state index contributed by atoms with van der Waals surface area (Å²) in [5.74, 6) is -0.981. The molecule has 0 aliphatic heterocycles. The third-order valence-corrected chi connectivity index (χ3v) is 1.78. The number of carbonyl (C=O) groups excluding carboxylic acids is 1. The maximum Gasteiger partial charge on any atom is 0.330 e. The van der Waals surface area contributed by atoms with Crippen molar-refractivity contribution in [3.8, 4) is 0 Å². The van der Waals surface area contributed by atoms with Crippen molar-refractivity contribution in [1.29, 1.82) is 0 Å². The highest BCUT2D eigenvalue weighted by molar-refractivity contribution is 5.85. The second-order valence-electron chi connectivity index (χ2n) is 3.19. The first-order valence-electron chi connectivity index (χ1n) is 5.00. The first-order chi connectivity index (χ1) is 7.07. The van der Waals surface area contributed by atoms with Gasteiger partial charge in [-0.2, -0.15) is 0 Å². The van der Waals surface area contributed by atoms with Gasteiger partial charge in [-0.25, -0.2) is 9.59 Å². The Labute approximate surface area is 89.6 Å². The third kappa shape index (κ3) is 7.54. The molecule has 0 spiro atoms. The van der Waals surface area contributed by atoms with E-state index < -0.39 is 5.97 Å². The van der Waals surface area contributed by atoms with Crippen molar-refractivity contribution in [1.82, 2.24) is 10.6 Å². The second-order valence-corrected chi connectivity index (χ2v) is 3.19. The molecule has 0 saturated heterocycles. The number of urea groups is 1. The minimum absolute atomic E-state index is 0.172. The SMILES string of the molecule is C=C(CCCNC(=O)NCCC)C(=O)O. The number of rotatable bonds is 7. The standard InChI is InChI=1S/C10H18N2O3/c1-3-6-11-10(15)12-7-4-5-8(2)9(13)14/h2-7H2,1H3,(H,13,14)(H2,11,12,15). The Bertz CT molecular complexity index is 239. The van der Waals surface area contributed by atoms with E-state index >= 15 is 0 Å². The number of carbonyl (C=O) groups is 2. The fourth-order valence-corrected chi connectivity index (χ4v) is 0.912. The van der Waals surface area contributed by atoms with E-state index in [4.69, 9.17) is 5.11 Å². The van der Waals surface area contributed by atoms with Crippen LogP contribution >= 0.6 is 0 Å². The van der Waals surface area contributed by atoms with E-state index in [1.807, 2.05) is 6.92 Å². The van der Waals surface area contributed by atoms with E-state index in [2.05, 4.69) is 17.2 Å². The van der Waals surface area contributed by atoms with Crippen LogP contribution in [0.1, 0.15) is 26.2 Å². The van der Waals surface area contributed by atoms with Crippen LogP contribution in [0.2, 0.25) is 0 Å². The van der Waals surface area contributed by atoms with Crippen LogP contribution in [-0.2, 0) is 4.79 Å². The number of aliphatic carboxylic acids is 1. The quantitative estimate of drug-likeness (QED) is 0.439. The molecule has 0 heterocycles. The summed E-state index contributed by atoms with van der Waals surface area (Å²) >= 11 is 0. The van der Waals surface area contributed by atoms with Crippen molar-refractivity contribution >= 4 is 12.0 Å². The van der Waals surface area contributed by atoms with Gasteiger partial charge in [-0.15, -0.1) is 0 Å². The average molecular weight is 214 g/mol. The zero-order chi connectivity index (χ0) is 11.7. The number of carboxylic acids is 1. The molecule has 0 radical (unpaired) electrons. The predicted octanol–water partition coefficient (Wildman–Crippen LogP) is 1.12. The number of amides is 2. The maximum atomic E-state index is 11.0. The van der Waals surface area contributed by atoms with E-state index in [9.17, 15) is 9.59 Å². The smallest absolute Gasteiger partial charge is 0.330 e. The van der Waals surface area contributed by atoms with E-state index in [1.54, 1.807) is 0 Å². The van der Waals surface area contributed by atoms with Gasteiger partial charge >= 0.3 is 12.0 Å². The molecule has 15 heavy (non-hydrogen) atoms. The van der Waals surface area contributed by atoms with Crippen molar-refractivity contribution in [3.05, 3.63) is 12.2 Å². The Hall–Kier alpha value is -1.52. The van der Waals surface area contributed by atoms with Gasteiger partial charge in [0.05, 0.1) is 0 Å². The van der Waals surface area contributed by atoms with Crippen LogP contribution in [0.3, 0.4) is 0 Å². The number of carboxylic acid groups (broad SMARTS) is 1. The van der Waals surface area contributed by atoms with E-state index in [-0.39, 0.29) is 11.6 Å². The molecule has 0 aromatic carbocycles. The Kier molecular flexibility index (Phi) is 7.05. The molecule has 0 saturated carbocycles. The zero-order valence-electron chi connectivity index (χ0n) is 9.01. The first-order valence-corrected chi connectivity index (χ1v) is 5.00. The minimum Gasteiger partial charge on any atom is -0.478 e. The van der Waals surface area contributed by atoms with Gasteiger partial charge < -0.3 is 15.7 Å². The summed E-state index contributed by atoms with van der Waals surface area (Å²) in [5, 5.41) is 13.8. The van der Waals surface area contributed by atoms with Crippen LogP contribution in [0.25, 0.3) is 0 Å². The molecule has 0 aliphatic rings. The first kappa shape index (κ1) is 13.5. The Morgan fingerprint density at radius 2 is 1.87 bits per heavy atom. The van der Waals surface area contributed by atoms with Crippen LogP contribution in [0.4, 0.5) is 4.79 Å². The molecule has 0 rings (SSSR count). The molecule has 2 amide bonds. The van der Waals surface area contributed by atoms with Crippen LogP contribution in [0.5, 0.6) is 0 Å². The molecular weight excluding hydrogens is 196 g/mol. The fraction of sp³-hybridized carbons (Fsp3) is 0.600. The van der Waals surface area contributed by atoms with E-state index in [0.29, 0.717) is 25.9 Å². The number of nitrogens with one attached hydrogen (secondary N) is 2. The molecule has 0 aromatic rings. The second kappa shape index (κ2) is 7.84. The summed E-state index contributed by atoms with van der Waals surface area (Å²) in [6.07, 6.45) is 1.87. The van der Waals surface area contributed by atoms with Gasteiger partial charge in [-0.3, -0.25) is 0 Å². The molecule has 0 unspecified atom stereocenters. The summed E-state index contributed by atoms with van der Waals surface area (Å²) in [4.78, 5) is 21.4. The van der Waals surface area contributed by atoms with Crippen LogP contribution in [0.15, 0.2) is 12.2 Å². The van der Waals surface area contributed by atoms with E-state index in [1.165, 1.54) is 0 Å². The van der Waals surface area contributed by atoms with Gasteiger partial charge in [0, 0.05) is 18.7 Å². The van der Waals surface area contributed by atoms with Gasteiger partial charge in [-0.1, -0.05) is 13.5 Å². The van der Waals surface area contributed by atoms with Crippen molar-refractivity contribution < 1.29 is 14.7 Å². The van der Waals surface area contributed by atoms with Gasteiger partial charge in [0.25, 0.3) is 0 Å². The highest BCUT2D eigenvalue weighted by Crippen LogP contribution is 2.00. The lowest BCUT2D eigenvalue weighted by molar-refractivity contribution is -0.132. The number of hydrogen-bond acceptors (Lipinski definition) is 2. The maximum absolute atomic E-state index is 11.0. The van der Waals surface area contributed by atoms with Crippen molar-refractivity contribution in [2.45, 2.75) is 26.2 Å². The van der Waals surface area contributed by atoms with Gasteiger partial charge in [0.1, 0.15) is 0 Å². The van der Waals surface area contributed by atoms with Crippen molar-refractivity contribution in [2.75, 3.05) is 13.1 Å². The topological polar surface area (TPSA) is 78.4 Å². The molecule has 86 valence electrons. The van der Waals surface area contributed by atoms with E-state index in [0.717, 1.165) is 6.42 Å². The minimum atomic E-state index is -0.981. The normalized spacial score (nSPS) is 9.40. The lowest BCUT2D eigenvalue weighted by atomic mass is 10.2. The monoisotopic (exact) mass is 214 g/mol. The fourth-order valence-electron chi connectivity index (χ4n) is 0.912. The molecule has 5 heteroatoms. The largest absolute Gasteiger partial charge is 0.478 e. The summed E-state index contributed by atoms with van der Waals surface area (Å²) < 4.78 is 0. The predicted molar refractivity (Wildman–Crippen MR) is 57.7 cm³/mol. The van der Waals surface area contributed by atoms with Crippen LogP contribution in [-0.4, -0.2) is 30.2 Å². The lowest BCUT2D eigenvalue weighted by Crippen LogP contribution is -2.36. The third-order valence-electron chi connectivity index (χ3n) is 1.78. The highest BCUT2D eigenvalue weighted by Gasteiger charge is 2.03. The lowest BCUT2D eigenvalue weighted by Gasteiger charge is -2.06. The van der Waals surface area contributed by atoms with Crippen molar-refractivity contribution in [3.63, 3.8) is 0 Å². The van der Waals surface area contributed by atoms with Gasteiger partial charge in [-0.05, 0) is 19.3 Å². The summed E-state index contributed by atoms with van der Waals surface area (Å²) in [7, 11) is 0. The van der Waals surface area contributed by atoms with Crippen LogP contribution in [0, 0.1) is 0 Å². The molecule has 0 fully saturated rings. The zero-order valence-corrected chi connectivity index (χ0v) is 9.01. The molecular formula is C10H18N2O3. The van der Waals surface area contributed by atoms with Gasteiger partial charge in [0.15, 0.2) is 0 Å². The molecule has 0 aromatic heterocycles.